The van der Waals surface area contributed by atoms with E-state index in [0.29, 0.717) is 0 Å². The summed E-state index contributed by atoms with van der Waals surface area (Å²) in [6, 6.07) is 0. The maximum absolute atomic E-state index is 12.2. The highest BCUT2D eigenvalue weighted by atomic mass is 16.8. The van der Waals surface area contributed by atoms with Crippen molar-refractivity contribution in [2.45, 2.75) is 110 Å². The molecule has 44 heavy (non-hydrogen) atoms. The molecule has 2 unspecified atom stereocenters. The minimum atomic E-state index is -1.90. The second kappa shape index (κ2) is 16.3. The molecule has 10 atom stereocenters. The smallest absolute Gasteiger partial charge is 0.303 e. The van der Waals surface area contributed by atoms with Crippen molar-refractivity contribution in [2.75, 3.05) is 13.2 Å². The molecule has 18 nitrogen and oxygen atoms in total. The van der Waals surface area contributed by atoms with E-state index in [1.54, 1.807) is 0 Å². The molecule has 0 spiro atoms. The van der Waals surface area contributed by atoms with Gasteiger partial charge in [-0.3, -0.25) is 33.6 Å². The van der Waals surface area contributed by atoms with Gasteiger partial charge in [0, 0.05) is 48.5 Å². The summed E-state index contributed by atoms with van der Waals surface area (Å²) in [5, 5.41) is 10.6. The Morgan fingerprint density at radius 1 is 0.477 bits per heavy atom. The lowest BCUT2D eigenvalue weighted by atomic mass is 9.96. The van der Waals surface area contributed by atoms with E-state index in [1.165, 1.54) is 0 Å². The van der Waals surface area contributed by atoms with Gasteiger partial charge in [0.05, 0.1) is 0 Å². The normalized spacial score (nSPS) is 31.5. The summed E-state index contributed by atoms with van der Waals surface area (Å²) >= 11 is 0. The van der Waals surface area contributed by atoms with Crippen LogP contribution in [-0.2, 0) is 80.9 Å². The number of ether oxygens (including phenoxy) is 10. The molecule has 0 aromatic rings. The molecule has 2 rings (SSSR count). The number of aliphatic hydroxyl groups excluding tert-OH is 1. The summed E-state index contributed by atoms with van der Waals surface area (Å²) in [4.78, 5) is 83.5. The third-order valence-corrected chi connectivity index (χ3v) is 5.90. The first-order valence-corrected chi connectivity index (χ1v) is 13.3. The number of carbonyl (C=O) groups excluding carboxylic acids is 7. The second-order valence-corrected chi connectivity index (χ2v) is 9.68. The molecule has 0 aromatic heterocycles. The zero-order valence-corrected chi connectivity index (χ0v) is 25.1. The van der Waals surface area contributed by atoms with Gasteiger partial charge in [0.15, 0.2) is 43.1 Å². The van der Waals surface area contributed by atoms with E-state index in [4.69, 9.17) is 47.4 Å². The van der Waals surface area contributed by atoms with Crippen molar-refractivity contribution in [3.8, 4) is 0 Å². The van der Waals surface area contributed by atoms with Crippen LogP contribution in [-0.4, -0.2) is 122 Å². The molecule has 2 aliphatic rings. The van der Waals surface area contributed by atoms with Crippen LogP contribution < -0.4 is 0 Å². The molecule has 0 radical (unpaired) electrons. The van der Waals surface area contributed by atoms with Crippen LogP contribution in [0.2, 0.25) is 0 Å². The molecular weight excluding hydrogens is 600 g/mol. The summed E-state index contributed by atoms with van der Waals surface area (Å²) in [6.45, 7) is 6.11. The SMILES string of the molecule is CC(=O)OC[C@H]1OC(O)[C@H](OC(C)=O)[C@@H](OC(C)=O)[C@@H]1OC1O[C@H](COC(C)=O)[C@@H](OC(C)=O)[C@H](OC(C)=O)[C@H]1OC(C)=O. The lowest BCUT2D eigenvalue weighted by Crippen LogP contribution is -2.67. The Bertz CT molecular complexity index is 1090. The summed E-state index contributed by atoms with van der Waals surface area (Å²) in [7, 11) is 0. The molecule has 0 bridgehead atoms. The highest BCUT2D eigenvalue weighted by Gasteiger charge is 2.57. The molecule has 0 aromatic carbocycles. The van der Waals surface area contributed by atoms with Crippen molar-refractivity contribution in [3.63, 3.8) is 0 Å². The molecule has 2 heterocycles. The molecule has 248 valence electrons. The van der Waals surface area contributed by atoms with Crippen LogP contribution >= 0.6 is 0 Å². The topological polar surface area (TPSA) is 232 Å². The van der Waals surface area contributed by atoms with Gasteiger partial charge >= 0.3 is 41.8 Å². The van der Waals surface area contributed by atoms with Gasteiger partial charge in [-0.25, -0.2) is 0 Å². The Kier molecular flexibility index (Phi) is 13.4. The van der Waals surface area contributed by atoms with E-state index < -0.39 is 116 Å². The van der Waals surface area contributed by atoms with Crippen LogP contribution in [0.1, 0.15) is 48.5 Å². The van der Waals surface area contributed by atoms with E-state index in [-0.39, 0.29) is 0 Å². The van der Waals surface area contributed by atoms with Gasteiger partial charge in [0.2, 0.25) is 0 Å². The number of hydrogen-bond acceptors (Lipinski definition) is 18. The average molecular weight is 637 g/mol. The van der Waals surface area contributed by atoms with Crippen molar-refractivity contribution >= 4 is 41.8 Å². The van der Waals surface area contributed by atoms with Crippen molar-refractivity contribution in [1.82, 2.24) is 0 Å². The van der Waals surface area contributed by atoms with E-state index in [1.807, 2.05) is 0 Å². The predicted molar refractivity (Wildman–Crippen MR) is 135 cm³/mol. The van der Waals surface area contributed by atoms with Crippen molar-refractivity contribution in [3.05, 3.63) is 0 Å². The Balaban J connectivity index is 2.66. The van der Waals surface area contributed by atoms with Crippen LogP contribution in [0, 0.1) is 0 Å². The molecule has 18 heteroatoms. The van der Waals surface area contributed by atoms with Crippen molar-refractivity contribution in [1.29, 1.82) is 0 Å². The van der Waals surface area contributed by atoms with Gasteiger partial charge in [0.1, 0.15) is 31.5 Å². The second-order valence-electron chi connectivity index (χ2n) is 9.68. The van der Waals surface area contributed by atoms with Crippen LogP contribution in [0.15, 0.2) is 0 Å². The van der Waals surface area contributed by atoms with E-state index in [0.717, 1.165) is 48.5 Å². The standard InChI is InChI=1S/C26H36O18/c1-10(27)35-8-17-20(21(38-13(4)30)23(25(34)42-17)40-15(6)32)44-26-24(41-16(7)33)22(39-14(5)31)19(37-12(3)29)18(43-26)9-36-11(2)28/h17-26,34H,8-9H2,1-7H3/t17-,18-,19-,20-,21+,22+,23-,24-,25?,26?/m1/s1. The molecule has 0 saturated carbocycles. The number of hydrogen-bond donors (Lipinski definition) is 1. The Hall–Kier alpha value is -3.87. The molecular formula is C26H36O18. The molecule has 2 saturated heterocycles. The Labute approximate surface area is 251 Å². The first-order chi connectivity index (χ1) is 20.5. The number of carbonyl (C=O) groups is 7. The average Bonchev–Trinajstić information content (AvgIpc) is 2.87. The fraction of sp³-hybridized carbons (Fsp3) is 0.731. The monoisotopic (exact) mass is 636 g/mol. The molecule has 0 aliphatic carbocycles. The number of esters is 7. The van der Waals surface area contributed by atoms with Gasteiger partial charge in [-0.2, -0.15) is 0 Å². The summed E-state index contributed by atoms with van der Waals surface area (Å²) in [6.07, 6.45) is -16.3. The number of aliphatic hydroxyl groups is 1. The first kappa shape index (κ1) is 36.3. The van der Waals surface area contributed by atoms with E-state index in [2.05, 4.69) is 0 Å². The van der Waals surface area contributed by atoms with E-state index in [9.17, 15) is 38.7 Å². The Morgan fingerprint density at radius 3 is 1.27 bits per heavy atom. The highest BCUT2D eigenvalue weighted by molar-refractivity contribution is 5.69. The molecule has 0 amide bonds. The van der Waals surface area contributed by atoms with Gasteiger partial charge < -0.3 is 52.5 Å². The molecule has 2 aliphatic heterocycles. The third kappa shape index (κ3) is 10.7. The van der Waals surface area contributed by atoms with Crippen LogP contribution in [0.25, 0.3) is 0 Å². The molecule has 1 N–H and O–H groups in total. The highest BCUT2D eigenvalue weighted by Crippen LogP contribution is 2.34. The van der Waals surface area contributed by atoms with Gasteiger partial charge in [-0.15, -0.1) is 0 Å². The lowest BCUT2D eigenvalue weighted by molar-refractivity contribution is -0.357. The Morgan fingerprint density at radius 2 is 0.841 bits per heavy atom. The van der Waals surface area contributed by atoms with E-state index >= 15 is 0 Å². The lowest BCUT2D eigenvalue weighted by Gasteiger charge is -2.48. The maximum atomic E-state index is 12.2. The fourth-order valence-electron chi connectivity index (χ4n) is 4.49. The molecule has 2 fully saturated rings. The van der Waals surface area contributed by atoms with Crippen molar-refractivity contribution < 1.29 is 86.0 Å². The zero-order valence-electron chi connectivity index (χ0n) is 25.1. The zero-order chi connectivity index (χ0) is 33.3. The fourth-order valence-corrected chi connectivity index (χ4v) is 4.49. The minimum absolute atomic E-state index is 0.572. The van der Waals surface area contributed by atoms with Crippen LogP contribution in [0.4, 0.5) is 0 Å². The minimum Gasteiger partial charge on any atom is -0.463 e. The van der Waals surface area contributed by atoms with Gasteiger partial charge in [0.25, 0.3) is 0 Å². The van der Waals surface area contributed by atoms with Gasteiger partial charge in [-0.05, 0) is 0 Å². The predicted octanol–water partition coefficient (Wildman–Crippen LogP) is -1.40. The van der Waals surface area contributed by atoms with Crippen LogP contribution in [0.5, 0.6) is 0 Å². The largest absolute Gasteiger partial charge is 0.463 e. The van der Waals surface area contributed by atoms with Crippen molar-refractivity contribution in [2.24, 2.45) is 0 Å². The quantitative estimate of drug-likeness (QED) is 0.203. The number of rotatable bonds is 11. The van der Waals surface area contributed by atoms with Gasteiger partial charge in [-0.1, -0.05) is 0 Å². The van der Waals surface area contributed by atoms with Crippen LogP contribution in [0.3, 0.4) is 0 Å². The first-order valence-electron chi connectivity index (χ1n) is 13.3. The third-order valence-electron chi connectivity index (χ3n) is 5.90. The summed E-state index contributed by atoms with van der Waals surface area (Å²) in [5.74, 6) is -6.03. The summed E-state index contributed by atoms with van der Waals surface area (Å²) < 4.78 is 54.1. The maximum Gasteiger partial charge on any atom is 0.303 e. The summed E-state index contributed by atoms with van der Waals surface area (Å²) in [5.41, 5.74) is 0.